The summed E-state index contributed by atoms with van der Waals surface area (Å²) in [5.74, 6) is 0.878. The minimum absolute atomic E-state index is 0.878. The molecule has 0 saturated carbocycles. The molecule has 0 saturated heterocycles. The van der Waals surface area contributed by atoms with Gasteiger partial charge in [-0.2, -0.15) is 0 Å². The number of anilines is 1. The van der Waals surface area contributed by atoms with Crippen molar-refractivity contribution in [1.82, 2.24) is 4.98 Å². The van der Waals surface area contributed by atoms with Crippen LogP contribution in [0.15, 0.2) is 48.8 Å². The largest absolute Gasteiger partial charge is 0.497 e. The van der Waals surface area contributed by atoms with Crippen molar-refractivity contribution in [2.24, 2.45) is 0 Å². The molecule has 1 N–H and O–H groups in total. The van der Waals surface area contributed by atoms with Crippen LogP contribution >= 0.6 is 0 Å². The van der Waals surface area contributed by atoms with Gasteiger partial charge in [0.15, 0.2) is 0 Å². The van der Waals surface area contributed by atoms with Crippen LogP contribution in [0.1, 0.15) is 5.56 Å². The van der Waals surface area contributed by atoms with Gasteiger partial charge < -0.3 is 10.1 Å². The van der Waals surface area contributed by atoms with Gasteiger partial charge in [-0.15, -0.1) is 0 Å². The Kier molecular flexibility index (Phi) is 3.97. The van der Waals surface area contributed by atoms with Crippen LogP contribution in [-0.4, -0.2) is 18.6 Å². The zero-order valence-corrected chi connectivity index (χ0v) is 9.89. The number of methoxy groups -OCH3 is 1. The van der Waals surface area contributed by atoms with Crippen LogP contribution in [0.4, 0.5) is 5.69 Å². The van der Waals surface area contributed by atoms with E-state index in [0.29, 0.717) is 0 Å². The predicted molar refractivity (Wildman–Crippen MR) is 69.4 cm³/mol. The lowest BCUT2D eigenvalue weighted by atomic mass is 10.2. The van der Waals surface area contributed by atoms with Gasteiger partial charge >= 0.3 is 0 Å². The molecular weight excluding hydrogens is 212 g/mol. The molecule has 0 unspecified atom stereocenters. The first kappa shape index (κ1) is 11.5. The van der Waals surface area contributed by atoms with Crippen LogP contribution in [-0.2, 0) is 6.42 Å². The summed E-state index contributed by atoms with van der Waals surface area (Å²) in [6.45, 7) is 0.901. The molecule has 0 atom stereocenters. The lowest BCUT2D eigenvalue weighted by molar-refractivity contribution is 0.415. The minimum Gasteiger partial charge on any atom is -0.497 e. The van der Waals surface area contributed by atoms with E-state index in [0.717, 1.165) is 24.4 Å². The van der Waals surface area contributed by atoms with Gasteiger partial charge in [-0.25, -0.2) is 0 Å². The van der Waals surface area contributed by atoms with Gasteiger partial charge in [-0.1, -0.05) is 6.07 Å². The molecule has 17 heavy (non-hydrogen) atoms. The molecule has 3 nitrogen and oxygen atoms in total. The Balaban J connectivity index is 1.82. The number of benzene rings is 1. The average molecular weight is 228 g/mol. The molecule has 0 aliphatic rings. The molecule has 88 valence electrons. The lowest BCUT2D eigenvalue weighted by Crippen LogP contribution is -2.04. The fourth-order valence-electron chi connectivity index (χ4n) is 1.61. The fraction of sp³-hybridized carbons (Fsp3) is 0.214. The van der Waals surface area contributed by atoms with Crippen LogP contribution < -0.4 is 10.1 Å². The van der Waals surface area contributed by atoms with E-state index in [-0.39, 0.29) is 0 Å². The number of hydrogen-bond donors (Lipinski definition) is 1. The molecule has 0 spiro atoms. The van der Waals surface area contributed by atoms with E-state index in [1.165, 1.54) is 5.56 Å². The third-order valence-corrected chi connectivity index (χ3v) is 2.56. The van der Waals surface area contributed by atoms with Gasteiger partial charge in [0.1, 0.15) is 5.75 Å². The molecule has 0 amide bonds. The van der Waals surface area contributed by atoms with E-state index in [9.17, 15) is 0 Å². The highest BCUT2D eigenvalue weighted by Gasteiger charge is 1.94. The van der Waals surface area contributed by atoms with Crippen LogP contribution in [0.25, 0.3) is 0 Å². The molecule has 2 rings (SSSR count). The molecule has 1 heterocycles. The van der Waals surface area contributed by atoms with Crippen molar-refractivity contribution in [2.75, 3.05) is 19.0 Å². The van der Waals surface area contributed by atoms with Crippen molar-refractivity contribution in [3.63, 3.8) is 0 Å². The number of hydrogen-bond acceptors (Lipinski definition) is 3. The first-order valence-electron chi connectivity index (χ1n) is 5.65. The third kappa shape index (κ3) is 3.48. The Labute approximate surface area is 101 Å². The molecule has 0 fully saturated rings. The molecule has 1 aromatic carbocycles. The molecule has 1 aromatic heterocycles. The van der Waals surface area contributed by atoms with Crippen LogP contribution in [0.5, 0.6) is 5.75 Å². The summed E-state index contributed by atoms with van der Waals surface area (Å²) in [6.07, 6.45) is 4.66. The first-order valence-corrected chi connectivity index (χ1v) is 5.65. The second-order valence-electron chi connectivity index (χ2n) is 3.77. The molecular formula is C14H16N2O. The van der Waals surface area contributed by atoms with Crippen molar-refractivity contribution < 1.29 is 4.74 Å². The van der Waals surface area contributed by atoms with Crippen LogP contribution in [0, 0.1) is 0 Å². The number of rotatable bonds is 5. The Morgan fingerprint density at radius 1 is 1.18 bits per heavy atom. The van der Waals surface area contributed by atoms with E-state index in [2.05, 4.69) is 16.4 Å². The Bertz CT molecular complexity index is 440. The molecule has 3 heteroatoms. The highest BCUT2D eigenvalue weighted by molar-refractivity contribution is 5.46. The van der Waals surface area contributed by atoms with Gasteiger partial charge in [0.25, 0.3) is 0 Å². The van der Waals surface area contributed by atoms with Crippen LogP contribution in [0.2, 0.25) is 0 Å². The Morgan fingerprint density at radius 2 is 2.00 bits per heavy atom. The predicted octanol–water partition coefficient (Wildman–Crippen LogP) is 2.74. The van der Waals surface area contributed by atoms with E-state index in [1.807, 2.05) is 36.5 Å². The smallest absolute Gasteiger partial charge is 0.119 e. The maximum Gasteiger partial charge on any atom is 0.119 e. The van der Waals surface area contributed by atoms with Crippen molar-refractivity contribution in [3.05, 3.63) is 54.4 Å². The number of aromatic nitrogens is 1. The van der Waals surface area contributed by atoms with Crippen LogP contribution in [0.3, 0.4) is 0 Å². The van der Waals surface area contributed by atoms with E-state index < -0.39 is 0 Å². The molecule has 0 bridgehead atoms. The van der Waals surface area contributed by atoms with E-state index in [4.69, 9.17) is 4.74 Å². The monoisotopic (exact) mass is 228 g/mol. The highest BCUT2D eigenvalue weighted by atomic mass is 16.5. The summed E-state index contributed by atoms with van der Waals surface area (Å²) < 4.78 is 5.11. The van der Waals surface area contributed by atoms with E-state index >= 15 is 0 Å². The maximum atomic E-state index is 5.11. The normalized spacial score (nSPS) is 9.94. The summed E-state index contributed by atoms with van der Waals surface area (Å²) >= 11 is 0. The van der Waals surface area contributed by atoms with Crippen molar-refractivity contribution in [3.8, 4) is 5.75 Å². The highest BCUT2D eigenvalue weighted by Crippen LogP contribution is 2.14. The summed E-state index contributed by atoms with van der Waals surface area (Å²) in [6, 6.07) is 12.0. The zero-order valence-electron chi connectivity index (χ0n) is 9.89. The first-order chi connectivity index (χ1) is 8.38. The van der Waals surface area contributed by atoms with Crippen molar-refractivity contribution in [2.45, 2.75) is 6.42 Å². The second-order valence-corrected chi connectivity index (χ2v) is 3.77. The summed E-state index contributed by atoms with van der Waals surface area (Å²) in [7, 11) is 1.67. The standard InChI is InChI=1S/C14H16N2O/c1-17-14-6-4-13(5-7-14)16-10-8-12-3-2-9-15-11-12/h2-7,9,11,16H,8,10H2,1H3. The molecule has 0 aliphatic heterocycles. The van der Waals surface area contributed by atoms with Gasteiger partial charge in [0, 0.05) is 24.6 Å². The zero-order chi connectivity index (χ0) is 11.9. The van der Waals surface area contributed by atoms with E-state index in [1.54, 1.807) is 13.3 Å². The van der Waals surface area contributed by atoms with Gasteiger partial charge in [0.05, 0.1) is 7.11 Å². The quantitative estimate of drug-likeness (QED) is 0.854. The number of nitrogens with one attached hydrogen (secondary N) is 1. The second kappa shape index (κ2) is 5.89. The topological polar surface area (TPSA) is 34.1 Å². The minimum atomic E-state index is 0.878. The Hall–Kier alpha value is -2.03. The molecule has 2 aromatic rings. The summed E-state index contributed by atoms with van der Waals surface area (Å²) in [5.41, 5.74) is 2.35. The summed E-state index contributed by atoms with van der Waals surface area (Å²) in [5, 5.41) is 3.36. The molecule has 0 radical (unpaired) electrons. The fourth-order valence-corrected chi connectivity index (χ4v) is 1.61. The number of ether oxygens (including phenoxy) is 1. The van der Waals surface area contributed by atoms with Gasteiger partial charge in [-0.3, -0.25) is 4.98 Å². The van der Waals surface area contributed by atoms with Gasteiger partial charge in [0.2, 0.25) is 0 Å². The van der Waals surface area contributed by atoms with Gasteiger partial charge in [-0.05, 0) is 42.3 Å². The average Bonchev–Trinajstić information content (AvgIpc) is 2.41. The van der Waals surface area contributed by atoms with Crippen molar-refractivity contribution >= 4 is 5.69 Å². The SMILES string of the molecule is COc1ccc(NCCc2cccnc2)cc1. The van der Waals surface area contributed by atoms with Crippen molar-refractivity contribution in [1.29, 1.82) is 0 Å². The summed E-state index contributed by atoms with van der Waals surface area (Å²) in [4.78, 5) is 4.09. The number of pyridine rings is 1. The molecule has 0 aliphatic carbocycles. The maximum absolute atomic E-state index is 5.11. The lowest BCUT2D eigenvalue weighted by Gasteiger charge is -2.07. The number of nitrogens with zero attached hydrogens (tertiary/aromatic N) is 1. The Morgan fingerprint density at radius 3 is 2.65 bits per heavy atom. The third-order valence-electron chi connectivity index (χ3n) is 2.56.